The highest BCUT2D eigenvalue weighted by atomic mass is 127. The van der Waals surface area contributed by atoms with Gasteiger partial charge in [-0.3, -0.25) is 4.79 Å². The van der Waals surface area contributed by atoms with Crippen molar-refractivity contribution in [3.05, 3.63) is 0 Å². The van der Waals surface area contributed by atoms with Gasteiger partial charge in [0.2, 0.25) is 0 Å². The highest BCUT2D eigenvalue weighted by Crippen LogP contribution is 2.08. The zero-order chi connectivity index (χ0) is 26.9. The molecule has 222 valence electrons. The van der Waals surface area contributed by atoms with E-state index in [1.54, 1.807) is 0 Å². The first-order chi connectivity index (χ1) is 18.3. The lowest BCUT2D eigenvalue weighted by Gasteiger charge is -2.08. The maximum absolute atomic E-state index is 11.7. The number of alkyl halides is 1. The molecule has 9 heteroatoms. The van der Waals surface area contributed by atoms with Crippen LogP contribution in [-0.4, -0.2) is 96.3 Å². The number of halogens is 1. The topological polar surface area (TPSA) is 81.7 Å². The van der Waals surface area contributed by atoms with Gasteiger partial charge in [0.1, 0.15) is 6.61 Å². The second-order valence-corrected chi connectivity index (χ2v) is 9.95. The van der Waals surface area contributed by atoms with Gasteiger partial charge in [0.05, 0.1) is 72.7 Å². The van der Waals surface area contributed by atoms with Crippen LogP contribution in [0.1, 0.15) is 84.0 Å². The van der Waals surface area contributed by atoms with E-state index in [9.17, 15) is 4.79 Å². The van der Waals surface area contributed by atoms with Gasteiger partial charge in [0.25, 0.3) is 0 Å². The van der Waals surface area contributed by atoms with Crippen LogP contribution in [0.4, 0.5) is 0 Å². The second kappa shape index (κ2) is 34.0. The molecular formula is C28H55IO8. The van der Waals surface area contributed by atoms with Gasteiger partial charge >= 0.3 is 5.97 Å². The monoisotopic (exact) mass is 646 g/mol. The Bertz CT molecular complexity index is 442. The third-order valence-electron chi connectivity index (χ3n) is 5.51. The van der Waals surface area contributed by atoms with Crippen molar-refractivity contribution in [3.63, 3.8) is 0 Å². The van der Waals surface area contributed by atoms with Gasteiger partial charge in [0, 0.05) is 13.0 Å². The fourth-order valence-corrected chi connectivity index (χ4v) is 3.91. The van der Waals surface area contributed by atoms with Crippen LogP contribution in [0, 0.1) is 0 Å². The first kappa shape index (κ1) is 37.0. The fourth-order valence-electron chi connectivity index (χ4n) is 3.37. The van der Waals surface area contributed by atoms with Crippen LogP contribution in [0.25, 0.3) is 0 Å². The molecule has 0 rings (SSSR count). The summed E-state index contributed by atoms with van der Waals surface area (Å²) in [5.41, 5.74) is 0. The van der Waals surface area contributed by atoms with E-state index >= 15 is 0 Å². The number of rotatable bonds is 32. The number of ether oxygens (including phenoxy) is 7. The van der Waals surface area contributed by atoms with Gasteiger partial charge in [-0.25, -0.2) is 0 Å². The predicted molar refractivity (Wildman–Crippen MR) is 156 cm³/mol. The first-order valence-electron chi connectivity index (χ1n) is 14.5. The largest absolute Gasteiger partial charge is 0.463 e. The summed E-state index contributed by atoms with van der Waals surface area (Å²) in [6.07, 6.45) is 13.9. The average molecular weight is 647 g/mol. The highest BCUT2D eigenvalue weighted by molar-refractivity contribution is 14.1. The molecule has 0 atom stereocenters. The number of hydrogen-bond acceptors (Lipinski definition) is 8. The Balaban J connectivity index is 3.10. The minimum Gasteiger partial charge on any atom is -0.463 e. The van der Waals surface area contributed by atoms with Crippen LogP contribution in [0.15, 0.2) is 0 Å². The molecule has 0 heterocycles. The van der Waals surface area contributed by atoms with Crippen LogP contribution in [0.2, 0.25) is 0 Å². The SMILES string of the molecule is CCCCCCCCCC(=O)OCCOCCOCCOCCOCCOCCOCCCCCCI. The molecule has 37 heavy (non-hydrogen) atoms. The van der Waals surface area contributed by atoms with Crippen molar-refractivity contribution in [1.82, 2.24) is 0 Å². The average Bonchev–Trinajstić information content (AvgIpc) is 2.90. The van der Waals surface area contributed by atoms with E-state index in [2.05, 4.69) is 29.5 Å². The normalized spacial score (nSPS) is 11.3. The summed E-state index contributed by atoms with van der Waals surface area (Å²) in [6.45, 7) is 9.20. The van der Waals surface area contributed by atoms with Gasteiger partial charge in [-0.1, -0.05) is 80.9 Å². The van der Waals surface area contributed by atoms with Gasteiger partial charge < -0.3 is 33.2 Å². The van der Waals surface area contributed by atoms with E-state index in [0.717, 1.165) is 25.9 Å². The van der Waals surface area contributed by atoms with Gasteiger partial charge in [-0.05, 0) is 23.7 Å². The van der Waals surface area contributed by atoms with E-state index < -0.39 is 0 Å². The summed E-state index contributed by atoms with van der Waals surface area (Å²) < 4.78 is 39.3. The summed E-state index contributed by atoms with van der Waals surface area (Å²) in [4.78, 5) is 11.7. The Kier molecular flexibility index (Phi) is 34.0. The molecule has 0 N–H and O–H groups in total. The molecule has 0 aromatic rings. The van der Waals surface area contributed by atoms with Crippen molar-refractivity contribution >= 4 is 28.6 Å². The van der Waals surface area contributed by atoms with E-state index in [-0.39, 0.29) is 5.97 Å². The molecule has 0 amide bonds. The number of carbonyl (C=O) groups is 1. The highest BCUT2D eigenvalue weighted by Gasteiger charge is 2.02. The molecule has 0 spiro atoms. The Labute approximate surface area is 240 Å². The second-order valence-electron chi connectivity index (χ2n) is 8.87. The molecule has 0 aromatic heterocycles. The lowest BCUT2D eigenvalue weighted by Crippen LogP contribution is -2.15. The van der Waals surface area contributed by atoms with Crippen LogP contribution >= 0.6 is 22.6 Å². The van der Waals surface area contributed by atoms with E-state index in [1.165, 1.54) is 55.8 Å². The molecule has 0 radical (unpaired) electrons. The quantitative estimate of drug-likeness (QED) is 0.0395. The molecule has 8 nitrogen and oxygen atoms in total. The summed E-state index contributed by atoms with van der Waals surface area (Å²) in [7, 11) is 0. The molecule has 0 aliphatic carbocycles. The Morgan fingerprint density at radius 1 is 0.459 bits per heavy atom. The Morgan fingerprint density at radius 3 is 1.32 bits per heavy atom. The molecule has 0 bridgehead atoms. The summed E-state index contributed by atoms with van der Waals surface area (Å²) >= 11 is 2.42. The third kappa shape index (κ3) is 33.9. The zero-order valence-electron chi connectivity index (χ0n) is 23.5. The maximum atomic E-state index is 11.7. The molecule has 0 aromatic carbocycles. The van der Waals surface area contributed by atoms with Crippen LogP contribution in [0.3, 0.4) is 0 Å². The number of esters is 1. The van der Waals surface area contributed by atoms with Gasteiger partial charge in [0.15, 0.2) is 0 Å². The molecule has 0 saturated heterocycles. The number of carbonyl (C=O) groups excluding carboxylic acids is 1. The number of unbranched alkanes of at least 4 members (excludes halogenated alkanes) is 9. The minimum absolute atomic E-state index is 0.129. The van der Waals surface area contributed by atoms with Crippen molar-refractivity contribution in [2.75, 3.05) is 90.3 Å². The van der Waals surface area contributed by atoms with Gasteiger partial charge in [-0.15, -0.1) is 0 Å². The van der Waals surface area contributed by atoms with E-state index in [0.29, 0.717) is 85.7 Å². The molecule has 0 aliphatic heterocycles. The summed E-state index contributed by atoms with van der Waals surface area (Å²) in [5, 5.41) is 0. The maximum Gasteiger partial charge on any atom is 0.305 e. The third-order valence-corrected chi connectivity index (χ3v) is 6.27. The van der Waals surface area contributed by atoms with Crippen molar-refractivity contribution in [1.29, 1.82) is 0 Å². The van der Waals surface area contributed by atoms with Crippen molar-refractivity contribution < 1.29 is 38.0 Å². The molecule has 0 aliphatic rings. The van der Waals surface area contributed by atoms with Gasteiger partial charge in [-0.2, -0.15) is 0 Å². The standard InChI is InChI=1S/C28H55IO8/c1-2-3-4-5-6-7-10-13-28(30)37-27-26-36-25-24-35-23-22-34-21-20-33-19-18-32-17-16-31-15-12-9-8-11-14-29/h2-27H2,1H3. The molecule has 0 unspecified atom stereocenters. The summed E-state index contributed by atoms with van der Waals surface area (Å²) in [5.74, 6) is -0.129. The van der Waals surface area contributed by atoms with Crippen LogP contribution < -0.4 is 0 Å². The van der Waals surface area contributed by atoms with Crippen molar-refractivity contribution in [2.45, 2.75) is 84.0 Å². The van der Waals surface area contributed by atoms with Crippen molar-refractivity contribution in [2.24, 2.45) is 0 Å². The zero-order valence-corrected chi connectivity index (χ0v) is 25.7. The molecule has 0 saturated carbocycles. The lowest BCUT2D eigenvalue weighted by atomic mass is 10.1. The Morgan fingerprint density at radius 2 is 0.838 bits per heavy atom. The smallest absolute Gasteiger partial charge is 0.305 e. The fraction of sp³-hybridized carbons (Fsp3) is 0.964. The van der Waals surface area contributed by atoms with Crippen molar-refractivity contribution in [3.8, 4) is 0 Å². The lowest BCUT2D eigenvalue weighted by molar-refractivity contribution is -0.145. The van der Waals surface area contributed by atoms with E-state index in [4.69, 9.17) is 33.2 Å². The van der Waals surface area contributed by atoms with Crippen LogP contribution in [0.5, 0.6) is 0 Å². The van der Waals surface area contributed by atoms with Crippen LogP contribution in [-0.2, 0) is 38.0 Å². The van der Waals surface area contributed by atoms with E-state index in [1.807, 2.05) is 0 Å². The molecular weight excluding hydrogens is 591 g/mol. The Hall–Kier alpha value is -0.0400. The molecule has 0 fully saturated rings. The first-order valence-corrected chi connectivity index (χ1v) is 16.0. The summed E-state index contributed by atoms with van der Waals surface area (Å²) in [6, 6.07) is 0. The predicted octanol–water partition coefficient (Wildman–Crippen LogP) is 5.77. The minimum atomic E-state index is -0.129. The number of hydrogen-bond donors (Lipinski definition) is 0.